The van der Waals surface area contributed by atoms with Crippen LogP contribution in [-0.2, 0) is 20.8 Å². The zero-order chi connectivity index (χ0) is 16.2. The maximum absolute atomic E-state index is 13.7. The van der Waals surface area contributed by atoms with Crippen molar-refractivity contribution in [2.75, 3.05) is 12.0 Å². The molecular formula is C12H16FNO5S2. The Morgan fingerprint density at radius 2 is 2.10 bits per heavy atom. The molecule has 2 atom stereocenters. The Balaban J connectivity index is 2.93. The Morgan fingerprint density at radius 1 is 1.48 bits per heavy atom. The molecule has 0 aliphatic heterocycles. The van der Waals surface area contributed by atoms with Crippen LogP contribution >= 0.6 is 0 Å². The number of halogens is 1. The second-order valence-corrected chi connectivity index (χ2v) is 7.78. The van der Waals surface area contributed by atoms with Crippen molar-refractivity contribution in [1.29, 1.82) is 0 Å². The van der Waals surface area contributed by atoms with Gasteiger partial charge in [0.05, 0.1) is 5.56 Å². The molecule has 118 valence electrons. The normalized spacial score (nSPS) is 14.6. The lowest BCUT2D eigenvalue weighted by molar-refractivity contribution is 0.0696. The molecule has 0 bridgehead atoms. The van der Waals surface area contributed by atoms with Crippen LogP contribution in [0.15, 0.2) is 23.1 Å². The van der Waals surface area contributed by atoms with Crippen LogP contribution in [0.25, 0.3) is 0 Å². The summed E-state index contributed by atoms with van der Waals surface area (Å²) in [5.41, 5.74) is -0.333. The van der Waals surface area contributed by atoms with E-state index < -0.39 is 43.5 Å². The highest BCUT2D eigenvalue weighted by molar-refractivity contribution is 7.89. The van der Waals surface area contributed by atoms with Gasteiger partial charge in [-0.2, -0.15) is 0 Å². The third-order valence-corrected chi connectivity index (χ3v) is 5.10. The fourth-order valence-corrected chi connectivity index (χ4v) is 3.60. The Bertz CT molecular complexity index is 660. The number of hydrogen-bond donors (Lipinski definition) is 2. The zero-order valence-corrected chi connectivity index (χ0v) is 13.1. The van der Waals surface area contributed by atoms with Gasteiger partial charge in [0.15, 0.2) is 0 Å². The lowest BCUT2D eigenvalue weighted by atomic mass is 10.2. The van der Waals surface area contributed by atoms with E-state index in [0.29, 0.717) is 18.2 Å². The van der Waals surface area contributed by atoms with Gasteiger partial charge >= 0.3 is 5.97 Å². The summed E-state index contributed by atoms with van der Waals surface area (Å²) in [5, 5.41) is 8.71. The van der Waals surface area contributed by atoms with E-state index in [-0.39, 0.29) is 5.56 Å². The van der Waals surface area contributed by atoms with Gasteiger partial charge in [0.2, 0.25) is 10.0 Å². The average molecular weight is 337 g/mol. The molecule has 0 saturated heterocycles. The van der Waals surface area contributed by atoms with E-state index in [0.717, 1.165) is 12.1 Å². The summed E-state index contributed by atoms with van der Waals surface area (Å²) in [5.74, 6) is -2.15. The molecule has 0 aliphatic rings. The highest BCUT2D eigenvalue weighted by atomic mass is 32.2. The van der Waals surface area contributed by atoms with Crippen molar-refractivity contribution in [3.05, 3.63) is 29.6 Å². The summed E-state index contributed by atoms with van der Waals surface area (Å²) in [6, 6.07) is 2.07. The Kier molecular flexibility index (Phi) is 5.99. The number of hydrogen-bond acceptors (Lipinski definition) is 4. The molecule has 0 fully saturated rings. The summed E-state index contributed by atoms with van der Waals surface area (Å²) in [6.07, 6.45) is 1.85. The van der Waals surface area contributed by atoms with Crippen LogP contribution in [0.1, 0.15) is 23.7 Å². The van der Waals surface area contributed by atoms with Gasteiger partial charge in [-0.15, -0.1) is 0 Å². The first kappa shape index (κ1) is 17.7. The maximum atomic E-state index is 13.7. The Hall–Kier alpha value is -1.32. The predicted molar refractivity (Wildman–Crippen MR) is 76.7 cm³/mol. The summed E-state index contributed by atoms with van der Waals surface area (Å²) >= 11 is 0. The molecule has 1 aromatic rings. The lowest BCUT2D eigenvalue weighted by Gasteiger charge is -2.14. The van der Waals surface area contributed by atoms with E-state index in [1.165, 1.54) is 6.26 Å². The van der Waals surface area contributed by atoms with Crippen LogP contribution < -0.4 is 4.72 Å². The molecule has 0 saturated carbocycles. The molecule has 9 heteroatoms. The molecule has 0 aliphatic carbocycles. The fraction of sp³-hybridized carbons (Fsp3) is 0.417. The largest absolute Gasteiger partial charge is 0.478 e. The number of carbonyl (C=O) groups is 1. The van der Waals surface area contributed by atoms with Crippen LogP contribution in [-0.4, -0.2) is 41.8 Å². The SMILES string of the molecule is CC(CCS(C)=O)NS(=O)(=O)c1ccc(C(=O)O)cc1F. The molecule has 6 nitrogen and oxygen atoms in total. The molecule has 0 heterocycles. The quantitative estimate of drug-likeness (QED) is 0.772. The number of benzene rings is 1. The zero-order valence-electron chi connectivity index (χ0n) is 11.5. The third-order valence-electron chi connectivity index (χ3n) is 2.66. The second-order valence-electron chi connectivity index (χ2n) is 4.54. The summed E-state index contributed by atoms with van der Waals surface area (Å²) in [4.78, 5) is 10.1. The molecule has 21 heavy (non-hydrogen) atoms. The van der Waals surface area contributed by atoms with E-state index in [4.69, 9.17) is 5.11 Å². The van der Waals surface area contributed by atoms with Gasteiger partial charge in [-0.1, -0.05) is 0 Å². The fourth-order valence-electron chi connectivity index (χ4n) is 1.58. The minimum Gasteiger partial charge on any atom is -0.478 e. The van der Waals surface area contributed by atoms with E-state index in [2.05, 4.69) is 4.72 Å². The third kappa shape index (κ3) is 5.18. The number of carboxylic acid groups (broad SMARTS) is 1. The number of rotatable bonds is 7. The monoisotopic (exact) mass is 337 g/mol. The topological polar surface area (TPSA) is 101 Å². The smallest absolute Gasteiger partial charge is 0.335 e. The van der Waals surface area contributed by atoms with Gasteiger partial charge in [0, 0.05) is 28.9 Å². The number of sulfonamides is 1. The summed E-state index contributed by atoms with van der Waals surface area (Å²) < 4.78 is 51.0. The molecule has 0 radical (unpaired) electrons. The van der Waals surface area contributed by atoms with Crippen LogP contribution in [0.4, 0.5) is 4.39 Å². The maximum Gasteiger partial charge on any atom is 0.335 e. The van der Waals surface area contributed by atoms with Gasteiger partial charge in [0.25, 0.3) is 0 Å². The Morgan fingerprint density at radius 3 is 2.57 bits per heavy atom. The first-order valence-electron chi connectivity index (χ1n) is 5.98. The molecular weight excluding hydrogens is 321 g/mol. The number of nitrogens with one attached hydrogen (secondary N) is 1. The number of aromatic carboxylic acids is 1. The molecule has 1 aromatic carbocycles. The highest BCUT2D eigenvalue weighted by Crippen LogP contribution is 2.17. The van der Waals surface area contributed by atoms with Gasteiger partial charge < -0.3 is 5.11 Å². The molecule has 2 N–H and O–H groups in total. The first-order chi connectivity index (χ1) is 9.63. The Labute approximate surface area is 124 Å². The standard InChI is InChI=1S/C12H16FNO5S2/c1-8(5-6-20(2)17)14-21(18,19)11-4-3-9(12(15)16)7-10(11)13/h3-4,7-8,14H,5-6H2,1-2H3,(H,15,16). The van der Waals surface area contributed by atoms with Crippen molar-refractivity contribution >= 4 is 26.8 Å². The van der Waals surface area contributed by atoms with Crippen LogP contribution in [0, 0.1) is 5.82 Å². The molecule has 0 aromatic heterocycles. The minimum atomic E-state index is -4.10. The van der Waals surface area contributed by atoms with E-state index >= 15 is 0 Å². The van der Waals surface area contributed by atoms with Gasteiger partial charge in [0.1, 0.15) is 10.7 Å². The molecule has 2 unspecified atom stereocenters. The molecule has 0 spiro atoms. The average Bonchev–Trinajstić information content (AvgIpc) is 2.35. The van der Waals surface area contributed by atoms with Crippen molar-refractivity contribution in [2.45, 2.75) is 24.3 Å². The van der Waals surface area contributed by atoms with Gasteiger partial charge in [-0.3, -0.25) is 4.21 Å². The van der Waals surface area contributed by atoms with Crippen molar-refractivity contribution in [3.8, 4) is 0 Å². The van der Waals surface area contributed by atoms with E-state index in [1.54, 1.807) is 6.92 Å². The summed E-state index contributed by atoms with van der Waals surface area (Å²) in [6.45, 7) is 1.58. The van der Waals surface area contributed by atoms with E-state index in [1.807, 2.05) is 0 Å². The first-order valence-corrected chi connectivity index (χ1v) is 9.19. The predicted octanol–water partition coefficient (Wildman–Crippen LogP) is 0.959. The van der Waals surface area contributed by atoms with Crippen molar-refractivity contribution in [1.82, 2.24) is 4.72 Å². The van der Waals surface area contributed by atoms with Crippen molar-refractivity contribution in [3.63, 3.8) is 0 Å². The lowest BCUT2D eigenvalue weighted by Crippen LogP contribution is -2.34. The highest BCUT2D eigenvalue weighted by Gasteiger charge is 2.22. The number of carboxylic acids is 1. The molecule has 1 rings (SSSR count). The van der Waals surface area contributed by atoms with E-state index in [9.17, 15) is 21.8 Å². The van der Waals surface area contributed by atoms with Gasteiger partial charge in [-0.05, 0) is 31.5 Å². The van der Waals surface area contributed by atoms with Crippen LogP contribution in [0.5, 0.6) is 0 Å². The second kappa shape index (κ2) is 7.10. The van der Waals surface area contributed by atoms with Crippen molar-refractivity contribution < 1.29 is 26.9 Å². The summed E-state index contributed by atoms with van der Waals surface area (Å²) in [7, 11) is -5.14. The van der Waals surface area contributed by atoms with Gasteiger partial charge in [-0.25, -0.2) is 22.3 Å². The molecule has 0 amide bonds. The van der Waals surface area contributed by atoms with Crippen LogP contribution in [0.2, 0.25) is 0 Å². The van der Waals surface area contributed by atoms with Crippen LogP contribution in [0.3, 0.4) is 0 Å². The van der Waals surface area contributed by atoms with Crippen molar-refractivity contribution in [2.24, 2.45) is 0 Å². The minimum absolute atomic E-state index is 0.324.